The lowest BCUT2D eigenvalue weighted by Crippen LogP contribution is -2.26. The molecule has 0 bridgehead atoms. The van der Waals surface area contributed by atoms with Gasteiger partial charge in [-0.05, 0) is 73.4 Å². The van der Waals surface area contributed by atoms with Crippen molar-refractivity contribution in [1.29, 1.82) is 0 Å². The lowest BCUT2D eigenvalue weighted by molar-refractivity contribution is 0.593. The molecule has 0 fully saturated rings. The Labute approximate surface area is 210 Å². The second kappa shape index (κ2) is 8.19. The van der Waals surface area contributed by atoms with E-state index < -0.39 is 7.14 Å². The maximum absolute atomic E-state index is 15.7. The van der Waals surface area contributed by atoms with E-state index in [-0.39, 0.29) is 0 Å². The van der Waals surface area contributed by atoms with Gasteiger partial charge in [-0.3, -0.25) is 0 Å². The zero-order valence-corrected chi connectivity index (χ0v) is 20.5. The second-order valence-corrected chi connectivity index (χ2v) is 12.0. The molecule has 0 saturated heterocycles. The van der Waals surface area contributed by atoms with E-state index in [1.54, 1.807) is 0 Å². The molecule has 7 rings (SSSR count). The van der Waals surface area contributed by atoms with Crippen LogP contribution in [0.4, 0.5) is 0 Å². The molecule has 0 aliphatic heterocycles. The van der Waals surface area contributed by atoms with E-state index in [1.807, 2.05) is 60.7 Å². The lowest BCUT2D eigenvalue weighted by atomic mass is 9.97. The van der Waals surface area contributed by atoms with Crippen LogP contribution in [-0.2, 0) is 4.57 Å². The summed E-state index contributed by atoms with van der Waals surface area (Å²) in [5, 5.41) is 11.6. The monoisotopic (exact) mass is 478 g/mol. The fourth-order valence-electron chi connectivity index (χ4n) is 5.50. The summed E-state index contributed by atoms with van der Waals surface area (Å²) in [4.78, 5) is 0. The van der Waals surface area contributed by atoms with E-state index in [2.05, 4.69) is 78.9 Å². The van der Waals surface area contributed by atoms with Gasteiger partial charge < -0.3 is 4.57 Å². The number of hydrogen-bond donors (Lipinski definition) is 0. The summed E-state index contributed by atoms with van der Waals surface area (Å²) in [6, 6.07) is 48.0. The van der Waals surface area contributed by atoms with Crippen molar-refractivity contribution in [3.05, 3.63) is 140 Å². The number of benzene rings is 7. The Balaban J connectivity index is 1.74. The highest BCUT2D eigenvalue weighted by Crippen LogP contribution is 2.47. The molecule has 170 valence electrons. The van der Waals surface area contributed by atoms with Crippen molar-refractivity contribution < 1.29 is 4.57 Å². The highest BCUT2D eigenvalue weighted by atomic mass is 31.2. The predicted molar refractivity (Wildman–Crippen MR) is 156 cm³/mol. The Bertz CT molecular complexity index is 1820. The molecule has 0 aromatic heterocycles. The maximum Gasteiger partial charge on any atom is 0.172 e. The Morgan fingerprint density at radius 1 is 0.361 bits per heavy atom. The number of rotatable bonds is 3. The molecule has 0 aliphatic rings. The summed E-state index contributed by atoms with van der Waals surface area (Å²) in [6.45, 7) is 0. The van der Waals surface area contributed by atoms with Gasteiger partial charge in [0, 0.05) is 15.9 Å². The van der Waals surface area contributed by atoms with Crippen LogP contribution in [-0.4, -0.2) is 0 Å². The van der Waals surface area contributed by atoms with Crippen molar-refractivity contribution in [3.63, 3.8) is 0 Å². The van der Waals surface area contributed by atoms with Crippen LogP contribution in [0.1, 0.15) is 0 Å². The highest BCUT2D eigenvalue weighted by molar-refractivity contribution is 7.86. The smallest absolute Gasteiger partial charge is 0.172 e. The quantitative estimate of drug-likeness (QED) is 0.186. The Hall–Kier alpha value is -4.19. The minimum Gasteiger partial charge on any atom is -0.309 e. The normalized spacial score (nSPS) is 12.0. The molecule has 0 aliphatic carbocycles. The first-order valence-electron chi connectivity index (χ1n) is 12.2. The van der Waals surface area contributed by atoms with Gasteiger partial charge >= 0.3 is 0 Å². The largest absolute Gasteiger partial charge is 0.309 e. The average molecular weight is 479 g/mol. The second-order valence-electron chi connectivity index (χ2n) is 9.35. The van der Waals surface area contributed by atoms with E-state index in [0.717, 1.165) is 48.2 Å². The molecule has 36 heavy (non-hydrogen) atoms. The van der Waals surface area contributed by atoms with Crippen molar-refractivity contribution in [2.75, 3.05) is 0 Å². The van der Waals surface area contributed by atoms with Crippen molar-refractivity contribution in [1.82, 2.24) is 0 Å². The van der Waals surface area contributed by atoms with Crippen LogP contribution in [0, 0.1) is 0 Å². The fraction of sp³-hybridized carbons (Fsp3) is 0. The van der Waals surface area contributed by atoms with Crippen LogP contribution in [0.5, 0.6) is 0 Å². The van der Waals surface area contributed by atoms with Gasteiger partial charge in [0.2, 0.25) is 0 Å². The summed E-state index contributed by atoms with van der Waals surface area (Å²) in [7, 11) is -3.22. The maximum atomic E-state index is 15.7. The van der Waals surface area contributed by atoms with Gasteiger partial charge in [0.05, 0.1) is 0 Å². The van der Waals surface area contributed by atoms with Crippen molar-refractivity contribution in [2.45, 2.75) is 0 Å². The summed E-state index contributed by atoms with van der Waals surface area (Å²) < 4.78 is 15.7. The standard InChI is InChI=1S/C34H23OP/c35-36(30-15-3-1-4-16-30,31-17-5-2-6-18-31)34-32-22-26-13-9-7-11-24(26)19-28(32)21-29-20-25-12-8-10-14-27(25)23-33(29)34/h1-23H. The third-order valence-corrected chi connectivity index (χ3v) is 10.4. The van der Waals surface area contributed by atoms with Crippen LogP contribution in [0.2, 0.25) is 0 Å². The SMILES string of the molecule is O=P(c1ccccc1)(c1ccccc1)c1c2cc3ccccc3cc2cc2cc3ccccc3cc12. The summed E-state index contributed by atoms with van der Waals surface area (Å²) >= 11 is 0. The first kappa shape index (κ1) is 21.1. The molecule has 7 aromatic carbocycles. The summed E-state index contributed by atoms with van der Waals surface area (Å²) in [5.41, 5.74) is 0. The van der Waals surface area contributed by atoms with Crippen molar-refractivity contribution >= 4 is 66.1 Å². The fourth-order valence-corrected chi connectivity index (χ4v) is 8.56. The molecule has 1 nitrogen and oxygen atoms in total. The number of hydrogen-bond acceptors (Lipinski definition) is 1. The van der Waals surface area contributed by atoms with Gasteiger partial charge in [0.1, 0.15) is 0 Å². The highest BCUT2D eigenvalue weighted by Gasteiger charge is 2.33. The van der Waals surface area contributed by atoms with E-state index in [0.29, 0.717) is 0 Å². The molecule has 0 unspecified atom stereocenters. The van der Waals surface area contributed by atoms with E-state index in [9.17, 15) is 0 Å². The molecule has 0 N–H and O–H groups in total. The van der Waals surface area contributed by atoms with Gasteiger partial charge in [-0.15, -0.1) is 0 Å². The molecule has 0 radical (unpaired) electrons. The van der Waals surface area contributed by atoms with E-state index in [1.165, 1.54) is 10.8 Å². The van der Waals surface area contributed by atoms with Crippen LogP contribution in [0.25, 0.3) is 43.1 Å². The first-order valence-corrected chi connectivity index (χ1v) is 13.9. The van der Waals surface area contributed by atoms with E-state index >= 15 is 4.57 Å². The lowest BCUT2D eigenvalue weighted by Gasteiger charge is -2.24. The summed E-state index contributed by atoms with van der Waals surface area (Å²) in [6.07, 6.45) is 0. The molecule has 0 spiro atoms. The molecule has 2 heteroatoms. The average Bonchev–Trinajstić information content (AvgIpc) is 2.94. The molecule has 0 amide bonds. The molecular weight excluding hydrogens is 455 g/mol. The molecule has 0 heterocycles. The van der Waals surface area contributed by atoms with Gasteiger partial charge in [0.25, 0.3) is 0 Å². The van der Waals surface area contributed by atoms with Gasteiger partial charge in [-0.2, -0.15) is 0 Å². The van der Waals surface area contributed by atoms with Crippen molar-refractivity contribution in [2.24, 2.45) is 0 Å². The first-order chi connectivity index (χ1) is 17.7. The Morgan fingerprint density at radius 2 is 0.694 bits per heavy atom. The third kappa shape index (κ3) is 3.21. The van der Waals surface area contributed by atoms with Crippen LogP contribution >= 0.6 is 7.14 Å². The van der Waals surface area contributed by atoms with Crippen LogP contribution < -0.4 is 15.9 Å². The predicted octanol–water partition coefficient (Wildman–Crippen LogP) is 7.94. The molecule has 0 atom stereocenters. The van der Waals surface area contributed by atoms with E-state index in [4.69, 9.17) is 0 Å². The minimum absolute atomic E-state index is 0.853. The molecular formula is C34H23OP. The Morgan fingerprint density at radius 3 is 1.11 bits per heavy atom. The molecule has 7 aromatic rings. The topological polar surface area (TPSA) is 17.1 Å². The van der Waals surface area contributed by atoms with Crippen LogP contribution in [0.15, 0.2) is 140 Å². The third-order valence-electron chi connectivity index (χ3n) is 7.21. The van der Waals surface area contributed by atoms with Gasteiger partial charge in [-0.25, -0.2) is 0 Å². The Kier molecular flexibility index (Phi) is 4.81. The van der Waals surface area contributed by atoms with Gasteiger partial charge in [0.15, 0.2) is 7.14 Å². The van der Waals surface area contributed by atoms with Gasteiger partial charge in [-0.1, -0.05) is 109 Å². The molecule has 0 saturated carbocycles. The number of fused-ring (bicyclic) bond motifs is 4. The summed E-state index contributed by atoms with van der Waals surface area (Å²) in [5.74, 6) is 0. The minimum atomic E-state index is -3.22. The van der Waals surface area contributed by atoms with Crippen molar-refractivity contribution in [3.8, 4) is 0 Å². The van der Waals surface area contributed by atoms with Crippen LogP contribution in [0.3, 0.4) is 0 Å². The zero-order valence-electron chi connectivity index (χ0n) is 19.6. The zero-order chi connectivity index (χ0) is 24.1.